The minimum absolute atomic E-state index is 0.0482. The second-order valence-electron chi connectivity index (χ2n) is 7.52. The lowest BCUT2D eigenvalue weighted by atomic mass is 10.0. The minimum atomic E-state index is -3.98. The molecule has 0 saturated heterocycles. The predicted molar refractivity (Wildman–Crippen MR) is 125 cm³/mol. The average molecular weight is 457 g/mol. The van der Waals surface area contributed by atoms with Crippen molar-refractivity contribution in [1.29, 1.82) is 0 Å². The van der Waals surface area contributed by atoms with E-state index in [1.54, 1.807) is 12.1 Å². The molecular weight excluding hydrogens is 432 g/mol. The van der Waals surface area contributed by atoms with Crippen molar-refractivity contribution in [3.05, 3.63) is 94.0 Å². The van der Waals surface area contributed by atoms with Gasteiger partial charge in [0.2, 0.25) is 0 Å². The first-order valence-corrected chi connectivity index (χ1v) is 11.8. The number of sulfonamides is 1. The van der Waals surface area contributed by atoms with Gasteiger partial charge in [0.05, 0.1) is 10.7 Å². The summed E-state index contributed by atoms with van der Waals surface area (Å²) in [5.41, 5.74) is 3.60. The Kier molecular flexibility index (Phi) is 7.03. The Bertz CT molecular complexity index is 1190. The van der Waals surface area contributed by atoms with Gasteiger partial charge in [0.15, 0.2) is 0 Å². The molecule has 0 radical (unpaired) electrons. The van der Waals surface area contributed by atoms with Crippen LogP contribution in [-0.2, 0) is 10.0 Å². The fourth-order valence-electron chi connectivity index (χ4n) is 3.16. The molecular formula is C24H25ClN2O3S. The molecule has 0 unspecified atom stereocenters. The van der Waals surface area contributed by atoms with Gasteiger partial charge in [-0.05, 0) is 60.7 Å². The van der Waals surface area contributed by atoms with Gasteiger partial charge in [-0.3, -0.25) is 9.52 Å². The van der Waals surface area contributed by atoms with Crippen LogP contribution in [0.2, 0.25) is 5.02 Å². The molecule has 1 atom stereocenters. The van der Waals surface area contributed by atoms with E-state index >= 15 is 0 Å². The number of nitrogens with one attached hydrogen (secondary N) is 2. The molecule has 31 heavy (non-hydrogen) atoms. The van der Waals surface area contributed by atoms with Crippen molar-refractivity contribution in [3.8, 4) is 0 Å². The molecule has 0 bridgehead atoms. The summed E-state index contributed by atoms with van der Waals surface area (Å²) in [5.74, 6) is -0.241. The summed E-state index contributed by atoms with van der Waals surface area (Å²) in [6.45, 7) is 6.18. The molecule has 2 N–H and O–H groups in total. The van der Waals surface area contributed by atoms with Gasteiger partial charge < -0.3 is 5.32 Å². The molecule has 5 nitrogen and oxygen atoms in total. The van der Waals surface area contributed by atoms with Crippen LogP contribution in [0.4, 0.5) is 5.69 Å². The molecule has 0 spiro atoms. The van der Waals surface area contributed by atoms with Crippen LogP contribution in [0, 0.1) is 13.8 Å². The second kappa shape index (κ2) is 9.54. The number of carbonyl (C=O) groups excluding carboxylic acids is 1. The Morgan fingerprint density at radius 3 is 2.42 bits per heavy atom. The van der Waals surface area contributed by atoms with E-state index in [0.29, 0.717) is 12.2 Å². The molecule has 0 aliphatic heterocycles. The van der Waals surface area contributed by atoms with E-state index in [1.165, 1.54) is 18.2 Å². The number of halogens is 1. The lowest BCUT2D eigenvalue weighted by Crippen LogP contribution is -2.27. The van der Waals surface area contributed by atoms with Crippen LogP contribution < -0.4 is 10.0 Å². The lowest BCUT2D eigenvalue weighted by Gasteiger charge is -2.15. The molecule has 0 saturated carbocycles. The van der Waals surface area contributed by atoms with Gasteiger partial charge in [-0.1, -0.05) is 61.0 Å². The summed E-state index contributed by atoms with van der Waals surface area (Å²) in [4.78, 5) is 12.5. The fraction of sp³-hybridized carbons (Fsp3) is 0.208. The number of aryl methyl sites for hydroxylation is 1. The number of rotatable bonds is 7. The third-order valence-electron chi connectivity index (χ3n) is 5.27. The maximum atomic E-state index is 13.0. The third kappa shape index (κ3) is 5.46. The van der Waals surface area contributed by atoms with Gasteiger partial charge in [-0.2, -0.15) is 0 Å². The van der Waals surface area contributed by atoms with E-state index in [2.05, 4.69) is 10.0 Å². The largest absolute Gasteiger partial charge is 0.351 e. The van der Waals surface area contributed by atoms with E-state index in [0.717, 1.165) is 16.7 Å². The Morgan fingerprint density at radius 1 is 1.00 bits per heavy atom. The highest BCUT2D eigenvalue weighted by atomic mass is 35.5. The van der Waals surface area contributed by atoms with Gasteiger partial charge >= 0.3 is 0 Å². The summed E-state index contributed by atoms with van der Waals surface area (Å²) in [6.07, 6.45) is 0. The van der Waals surface area contributed by atoms with E-state index in [9.17, 15) is 13.2 Å². The average Bonchev–Trinajstić information content (AvgIpc) is 2.75. The number of carbonyl (C=O) groups is 1. The van der Waals surface area contributed by atoms with Crippen LogP contribution in [0.25, 0.3) is 0 Å². The van der Waals surface area contributed by atoms with Crippen molar-refractivity contribution >= 4 is 33.2 Å². The molecule has 3 aromatic carbocycles. The predicted octanol–water partition coefficient (Wildman–Crippen LogP) is 5.29. The Morgan fingerprint density at radius 2 is 1.71 bits per heavy atom. The smallest absolute Gasteiger partial charge is 0.263 e. The van der Waals surface area contributed by atoms with E-state index in [1.807, 2.05) is 57.2 Å². The molecule has 7 heteroatoms. The van der Waals surface area contributed by atoms with Crippen molar-refractivity contribution in [2.45, 2.75) is 31.6 Å². The van der Waals surface area contributed by atoms with Crippen LogP contribution >= 0.6 is 11.6 Å². The summed E-state index contributed by atoms with van der Waals surface area (Å²) in [6, 6.07) is 19.5. The van der Waals surface area contributed by atoms with Crippen molar-refractivity contribution in [2.24, 2.45) is 0 Å². The normalized spacial score (nSPS) is 12.3. The van der Waals surface area contributed by atoms with Crippen LogP contribution in [0.3, 0.4) is 0 Å². The topological polar surface area (TPSA) is 75.3 Å². The van der Waals surface area contributed by atoms with E-state index in [4.69, 9.17) is 11.6 Å². The molecule has 0 aliphatic rings. The van der Waals surface area contributed by atoms with Crippen molar-refractivity contribution in [1.82, 2.24) is 5.32 Å². The lowest BCUT2D eigenvalue weighted by molar-refractivity contribution is 0.0951. The Labute approximate surface area is 188 Å². The second-order valence-corrected chi connectivity index (χ2v) is 9.58. The Hall–Kier alpha value is -2.83. The molecule has 3 rings (SSSR count). The van der Waals surface area contributed by atoms with E-state index in [-0.39, 0.29) is 27.3 Å². The molecule has 1 amide bonds. The van der Waals surface area contributed by atoms with Crippen LogP contribution in [0.15, 0.2) is 71.6 Å². The van der Waals surface area contributed by atoms with Crippen LogP contribution in [0.5, 0.6) is 0 Å². The summed E-state index contributed by atoms with van der Waals surface area (Å²) < 4.78 is 28.5. The number of hydrogen-bond acceptors (Lipinski definition) is 3. The van der Waals surface area contributed by atoms with Gasteiger partial charge in [0.25, 0.3) is 15.9 Å². The zero-order valence-electron chi connectivity index (χ0n) is 17.6. The summed E-state index contributed by atoms with van der Waals surface area (Å²) >= 11 is 6.18. The highest BCUT2D eigenvalue weighted by molar-refractivity contribution is 7.92. The quantitative estimate of drug-likeness (QED) is 0.507. The highest BCUT2D eigenvalue weighted by Gasteiger charge is 2.21. The van der Waals surface area contributed by atoms with E-state index < -0.39 is 10.0 Å². The summed E-state index contributed by atoms with van der Waals surface area (Å²) in [7, 11) is -3.98. The number of benzene rings is 3. The van der Waals surface area contributed by atoms with Crippen molar-refractivity contribution in [2.75, 3.05) is 11.3 Å². The molecule has 0 heterocycles. The van der Waals surface area contributed by atoms with Gasteiger partial charge in [-0.25, -0.2) is 8.42 Å². The van der Waals surface area contributed by atoms with Crippen LogP contribution in [0.1, 0.15) is 39.9 Å². The molecule has 0 fully saturated rings. The zero-order chi connectivity index (χ0) is 22.6. The first-order chi connectivity index (χ1) is 14.7. The SMILES string of the molecule is Cc1cccc(NS(=O)(=O)c2cc(C(=O)NC[C@H](C)c3ccccc3)ccc2Cl)c1C. The first-order valence-electron chi connectivity index (χ1n) is 9.91. The first kappa shape index (κ1) is 22.8. The zero-order valence-corrected chi connectivity index (χ0v) is 19.2. The summed E-state index contributed by atoms with van der Waals surface area (Å²) in [5, 5.41) is 2.91. The van der Waals surface area contributed by atoms with Crippen LogP contribution in [-0.4, -0.2) is 20.9 Å². The Balaban J connectivity index is 1.79. The maximum Gasteiger partial charge on any atom is 0.263 e. The van der Waals surface area contributed by atoms with Gasteiger partial charge in [-0.15, -0.1) is 0 Å². The monoisotopic (exact) mass is 456 g/mol. The number of anilines is 1. The van der Waals surface area contributed by atoms with Gasteiger partial charge in [0, 0.05) is 12.1 Å². The molecule has 162 valence electrons. The number of hydrogen-bond donors (Lipinski definition) is 2. The molecule has 0 aliphatic carbocycles. The maximum absolute atomic E-state index is 13.0. The number of amides is 1. The molecule has 3 aromatic rings. The van der Waals surface area contributed by atoms with Crippen molar-refractivity contribution < 1.29 is 13.2 Å². The van der Waals surface area contributed by atoms with Gasteiger partial charge in [0.1, 0.15) is 4.90 Å². The third-order valence-corrected chi connectivity index (χ3v) is 7.12. The van der Waals surface area contributed by atoms with Crippen molar-refractivity contribution in [3.63, 3.8) is 0 Å². The molecule has 0 aromatic heterocycles. The minimum Gasteiger partial charge on any atom is -0.351 e. The highest BCUT2D eigenvalue weighted by Crippen LogP contribution is 2.27. The standard InChI is InChI=1S/C24H25ClN2O3S/c1-16-8-7-11-22(18(16)3)27-31(29,30)23-14-20(12-13-21(23)25)24(28)26-15-17(2)19-9-5-4-6-10-19/h4-14,17,27H,15H2,1-3H3,(H,26,28)/t17-/m0/s1. The fourth-order valence-corrected chi connectivity index (χ4v) is 4.81.